The summed E-state index contributed by atoms with van der Waals surface area (Å²) < 4.78 is 0. The van der Waals surface area contributed by atoms with Crippen molar-refractivity contribution in [3.05, 3.63) is 101 Å². The zero-order valence-electron chi connectivity index (χ0n) is 19.1. The van der Waals surface area contributed by atoms with Crippen molar-refractivity contribution in [2.75, 3.05) is 18.0 Å². The van der Waals surface area contributed by atoms with Gasteiger partial charge in [-0.1, -0.05) is 80.1 Å². The summed E-state index contributed by atoms with van der Waals surface area (Å²) in [7, 11) is 0. The lowest BCUT2D eigenvalue weighted by Crippen LogP contribution is -2.28. The molecular weight excluding hydrogens is 376 g/mol. The van der Waals surface area contributed by atoms with Crippen molar-refractivity contribution in [1.29, 1.82) is 0 Å². The van der Waals surface area contributed by atoms with Gasteiger partial charge in [0.15, 0.2) is 0 Å². The molecule has 160 valence electrons. The van der Waals surface area contributed by atoms with Crippen LogP contribution in [-0.4, -0.2) is 13.1 Å². The SMILES string of the molecule is CCC/C=C1\c2ccccc2N(CCCNCc2ccccc2)c2c1ccc(C)c2C. The molecule has 1 N–H and O–H groups in total. The van der Waals surface area contributed by atoms with E-state index in [0.29, 0.717) is 0 Å². The van der Waals surface area contributed by atoms with Crippen LogP contribution in [0.15, 0.2) is 72.8 Å². The average molecular weight is 411 g/mol. The first-order valence-electron chi connectivity index (χ1n) is 11.6. The number of hydrogen-bond acceptors (Lipinski definition) is 2. The molecule has 0 spiro atoms. The maximum Gasteiger partial charge on any atom is 0.0523 e. The van der Waals surface area contributed by atoms with Crippen LogP contribution >= 0.6 is 0 Å². The lowest BCUT2D eigenvalue weighted by atomic mass is 9.86. The van der Waals surface area contributed by atoms with Gasteiger partial charge in [-0.25, -0.2) is 0 Å². The molecule has 0 bridgehead atoms. The highest BCUT2D eigenvalue weighted by atomic mass is 15.1. The molecule has 1 aliphatic heterocycles. The predicted octanol–water partition coefficient (Wildman–Crippen LogP) is 7.17. The van der Waals surface area contributed by atoms with Gasteiger partial charge in [-0.2, -0.15) is 0 Å². The maximum atomic E-state index is 3.61. The molecule has 3 aromatic carbocycles. The fourth-order valence-electron chi connectivity index (χ4n) is 4.50. The van der Waals surface area contributed by atoms with Gasteiger partial charge < -0.3 is 10.2 Å². The number of fused-ring (bicyclic) bond motifs is 2. The van der Waals surface area contributed by atoms with E-state index >= 15 is 0 Å². The Morgan fingerprint density at radius 3 is 2.45 bits per heavy atom. The summed E-state index contributed by atoms with van der Waals surface area (Å²) in [5, 5.41) is 3.61. The van der Waals surface area contributed by atoms with Gasteiger partial charge in [-0.15, -0.1) is 0 Å². The van der Waals surface area contributed by atoms with Crippen LogP contribution in [0.5, 0.6) is 0 Å². The molecule has 1 heterocycles. The Hall–Kier alpha value is -2.84. The van der Waals surface area contributed by atoms with Crippen LogP contribution in [0, 0.1) is 13.8 Å². The smallest absolute Gasteiger partial charge is 0.0523 e. The second kappa shape index (κ2) is 9.98. The summed E-state index contributed by atoms with van der Waals surface area (Å²) in [5.41, 5.74) is 11.0. The first-order valence-corrected chi connectivity index (χ1v) is 11.6. The molecule has 1 aliphatic rings. The van der Waals surface area contributed by atoms with Crippen LogP contribution in [0.4, 0.5) is 11.4 Å². The van der Waals surface area contributed by atoms with E-state index in [4.69, 9.17) is 0 Å². The van der Waals surface area contributed by atoms with Gasteiger partial charge >= 0.3 is 0 Å². The van der Waals surface area contributed by atoms with Crippen molar-refractivity contribution in [2.24, 2.45) is 0 Å². The largest absolute Gasteiger partial charge is 0.340 e. The minimum Gasteiger partial charge on any atom is -0.340 e. The molecule has 3 aromatic rings. The van der Waals surface area contributed by atoms with Crippen LogP contribution in [0.1, 0.15) is 54.0 Å². The second-order valence-corrected chi connectivity index (χ2v) is 8.49. The van der Waals surface area contributed by atoms with Crippen molar-refractivity contribution in [1.82, 2.24) is 5.32 Å². The number of anilines is 2. The molecule has 0 amide bonds. The van der Waals surface area contributed by atoms with Crippen LogP contribution in [0.3, 0.4) is 0 Å². The zero-order chi connectivity index (χ0) is 21.6. The van der Waals surface area contributed by atoms with Gasteiger partial charge in [0.2, 0.25) is 0 Å². The molecule has 0 saturated heterocycles. The first-order chi connectivity index (χ1) is 15.2. The molecule has 0 unspecified atom stereocenters. The highest BCUT2D eigenvalue weighted by molar-refractivity contribution is 5.98. The van der Waals surface area contributed by atoms with E-state index in [1.165, 1.54) is 51.2 Å². The third kappa shape index (κ3) is 4.60. The number of aryl methyl sites for hydroxylation is 1. The van der Waals surface area contributed by atoms with E-state index in [1.807, 2.05) is 0 Å². The standard InChI is InChI=1S/C29H34N2/c1-4-5-14-25-26-15-9-10-16-28(26)31(29-23(3)22(2)17-18-27(25)29)20-11-19-30-21-24-12-7-6-8-13-24/h6-10,12-18,30H,4-5,11,19-21H2,1-3H3/b25-14+. The average Bonchev–Trinajstić information content (AvgIpc) is 2.80. The highest BCUT2D eigenvalue weighted by Crippen LogP contribution is 2.47. The van der Waals surface area contributed by atoms with E-state index in [9.17, 15) is 0 Å². The van der Waals surface area contributed by atoms with E-state index in [-0.39, 0.29) is 0 Å². The van der Waals surface area contributed by atoms with Crippen molar-refractivity contribution in [3.8, 4) is 0 Å². The Morgan fingerprint density at radius 1 is 0.871 bits per heavy atom. The molecule has 0 radical (unpaired) electrons. The van der Waals surface area contributed by atoms with E-state index in [0.717, 1.165) is 32.5 Å². The lowest BCUT2D eigenvalue weighted by Gasteiger charge is -2.36. The van der Waals surface area contributed by atoms with Gasteiger partial charge in [-0.3, -0.25) is 0 Å². The summed E-state index contributed by atoms with van der Waals surface area (Å²) in [6.07, 6.45) is 5.81. The summed E-state index contributed by atoms with van der Waals surface area (Å²) >= 11 is 0. The van der Waals surface area contributed by atoms with Crippen molar-refractivity contribution in [2.45, 2.75) is 46.6 Å². The number of unbranched alkanes of at least 4 members (excludes halogenated alkanes) is 1. The number of nitrogens with zero attached hydrogens (tertiary/aromatic N) is 1. The summed E-state index contributed by atoms with van der Waals surface area (Å²) in [4.78, 5) is 2.56. The van der Waals surface area contributed by atoms with Crippen LogP contribution < -0.4 is 10.2 Å². The second-order valence-electron chi connectivity index (χ2n) is 8.49. The van der Waals surface area contributed by atoms with E-state index in [2.05, 4.69) is 104 Å². The maximum absolute atomic E-state index is 3.61. The van der Waals surface area contributed by atoms with Crippen molar-refractivity contribution >= 4 is 16.9 Å². The quantitative estimate of drug-likeness (QED) is 0.396. The fourth-order valence-corrected chi connectivity index (χ4v) is 4.50. The Labute approximate surface area is 187 Å². The minimum absolute atomic E-state index is 0.927. The van der Waals surface area contributed by atoms with Gasteiger partial charge in [0, 0.05) is 29.9 Å². The lowest BCUT2D eigenvalue weighted by molar-refractivity contribution is 0.650. The third-order valence-corrected chi connectivity index (χ3v) is 6.29. The topological polar surface area (TPSA) is 15.3 Å². The van der Waals surface area contributed by atoms with Gasteiger partial charge in [0.05, 0.1) is 5.69 Å². The summed E-state index contributed by atoms with van der Waals surface area (Å²) in [6.45, 7) is 9.70. The monoisotopic (exact) mass is 410 g/mol. The number of nitrogens with one attached hydrogen (secondary N) is 1. The molecule has 0 fully saturated rings. The van der Waals surface area contributed by atoms with E-state index in [1.54, 1.807) is 0 Å². The summed E-state index contributed by atoms with van der Waals surface area (Å²) in [5.74, 6) is 0. The zero-order valence-corrected chi connectivity index (χ0v) is 19.1. The van der Waals surface area contributed by atoms with Crippen LogP contribution in [0.2, 0.25) is 0 Å². The molecule has 0 saturated carbocycles. The molecule has 0 aliphatic carbocycles. The normalized spacial score (nSPS) is 13.9. The number of benzene rings is 3. The minimum atomic E-state index is 0.927. The highest BCUT2D eigenvalue weighted by Gasteiger charge is 2.27. The molecule has 2 nitrogen and oxygen atoms in total. The molecule has 0 aromatic heterocycles. The molecule has 2 heteroatoms. The molecule has 0 atom stereocenters. The van der Waals surface area contributed by atoms with Crippen LogP contribution in [-0.2, 0) is 6.54 Å². The van der Waals surface area contributed by atoms with Crippen molar-refractivity contribution < 1.29 is 0 Å². The number of hydrogen-bond donors (Lipinski definition) is 1. The first kappa shape index (κ1) is 21.4. The number of para-hydroxylation sites is 1. The number of rotatable bonds is 8. The predicted molar refractivity (Wildman–Crippen MR) is 134 cm³/mol. The Balaban J connectivity index is 1.58. The van der Waals surface area contributed by atoms with Gasteiger partial charge in [0.25, 0.3) is 0 Å². The molecule has 4 rings (SSSR count). The Morgan fingerprint density at radius 2 is 1.65 bits per heavy atom. The Kier molecular flexibility index (Phi) is 6.89. The fraction of sp³-hybridized carbons (Fsp3) is 0.310. The molecule has 31 heavy (non-hydrogen) atoms. The Bertz CT molecular complexity index is 1050. The third-order valence-electron chi connectivity index (χ3n) is 6.29. The van der Waals surface area contributed by atoms with E-state index < -0.39 is 0 Å². The molecular formula is C29H34N2. The summed E-state index contributed by atoms with van der Waals surface area (Å²) in [6, 6.07) is 24.2. The van der Waals surface area contributed by atoms with Crippen LogP contribution in [0.25, 0.3) is 5.57 Å². The van der Waals surface area contributed by atoms with Gasteiger partial charge in [0.1, 0.15) is 0 Å². The van der Waals surface area contributed by atoms with Gasteiger partial charge in [-0.05, 0) is 61.6 Å². The van der Waals surface area contributed by atoms with Crippen molar-refractivity contribution in [3.63, 3.8) is 0 Å². The number of allylic oxidation sites excluding steroid dienone is 1.